The van der Waals surface area contributed by atoms with Gasteiger partial charge in [0.2, 0.25) is 0 Å². The molecule has 0 atom stereocenters. The Bertz CT molecular complexity index is 1690. The Balaban J connectivity index is 1.47. The number of hydrogen-bond donors (Lipinski definition) is 1. The summed E-state index contributed by atoms with van der Waals surface area (Å²) in [6.07, 6.45) is 0. The molecule has 0 fully saturated rings. The summed E-state index contributed by atoms with van der Waals surface area (Å²) in [4.78, 5) is 17.4. The first-order chi connectivity index (χ1) is 17.8. The van der Waals surface area contributed by atoms with Crippen molar-refractivity contribution in [3.63, 3.8) is 0 Å². The monoisotopic (exact) mass is 511 g/mol. The summed E-state index contributed by atoms with van der Waals surface area (Å²) in [5.74, 6) is -0.0244. The number of ether oxygens (including phenoxy) is 1. The molecule has 0 spiro atoms. The molecular formula is C29H25N3O4S. The van der Waals surface area contributed by atoms with Crippen molar-refractivity contribution in [2.45, 2.75) is 18.4 Å². The van der Waals surface area contributed by atoms with E-state index in [0.717, 1.165) is 33.5 Å². The number of carbonyl (C=O) groups is 1. The number of hydrogen-bond acceptors (Lipinski definition) is 5. The number of sulfonamides is 1. The standard InChI is InChI=1S/C29H25N3O4S/c1-20-11-14-25(15-12-20)37(34,35)31-29(33)26-10-6-9-23(30-26)19-32-27-16-13-24(36-2)17-22(27)18-28(32)21-7-4-3-5-8-21/h3-18H,19H2,1-2H3,(H,31,33). The van der Waals surface area contributed by atoms with Gasteiger partial charge in [0, 0.05) is 16.6 Å². The Labute approximate surface area is 215 Å². The van der Waals surface area contributed by atoms with Crippen LogP contribution in [0.4, 0.5) is 0 Å². The lowest BCUT2D eigenvalue weighted by Crippen LogP contribution is -2.31. The topological polar surface area (TPSA) is 90.3 Å². The molecule has 5 rings (SSSR count). The van der Waals surface area contributed by atoms with Crippen LogP contribution >= 0.6 is 0 Å². The zero-order chi connectivity index (χ0) is 26.0. The first-order valence-corrected chi connectivity index (χ1v) is 13.1. The van der Waals surface area contributed by atoms with Crippen molar-refractivity contribution >= 4 is 26.8 Å². The Morgan fingerprint density at radius 1 is 0.919 bits per heavy atom. The lowest BCUT2D eigenvalue weighted by molar-refractivity contribution is 0.0976. The molecule has 37 heavy (non-hydrogen) atoms. The highest BCUT2D eigenvalue weighted by Crippen LogP contribution is 2.31. The molecule has 2 aromatic heterocycles. The van der Waals surface area contributed by atoms with Gasteiger partial charge in [-0.2, -0.15) is 0 Å². The highest BCUT2D eigenvalue weighted by molar-refractivity contribution is 7.90. The largest absolute Gasteiger partial charge is 0.497 e. The molecular weight excluding hydrogens is 486 g/mol. The Morgan fingerprint density at radius 3 is 2.41 bits per heavy atom. The third-order valence-corrected chi connectivity index (χ3v) is 7.44. The van der Waals surface area contributed by atoms with Crippen LogP contribution in [-0.2, 0) is 16.6 Å². The van der Waals surface area contributed by atoms with E-state index in [-0.39, 0.29) is 10.6 Å². The van der Waals surface area contributed by atoms with Crippen LogP contribution < -0.4 is 9.46 Å². The maximum atomic E-state index is 12.9. The summed E-state index contributed by atoms with van der Waals surface area (Å²) in [5, 5.41) is 1.01. The highest BCUT2D eigenvalue weighted by Gasteiger charge is 2.20. The molecule has 0 radical (unpaired) electrons. The molecule has 0 bridgehead atoms. The zero-order valence-corrected chi connectivity index (χ0v) is 21.2. The van der Waals surface area contributed by atoms with Crippen molar-refractivity contribution < 1.29 is 17.9 Å². The Hall–Kier alpha value is -4.43. The number of nitrogens with zero attached hydrogens (tertiary/aromatic N) is 2. The minimum absolute atomic E-state index is 0.0179. The van der Waals surface area contributed by atoms with Crippen LogP contribution in [0.15, 0.2) is 102 Å². The van der Waals surface area contributed by atoms with Crippen molar-refractivity contribution in [1.29, 1.82) is 0 Å². The van der Waals surface area contributed by atoms with Crippen LogP contribution in [0.1, 0.15) is 21.7 Å². The number of aromatic nitrogens is 2. The van der Waals surface area contributed by atoms with E-state index >= 15 is 0 Å². The molecule has 1 amide bonds. The number of methoxy groups -OCH3 is 1. The normalized spacial score (nSPS) is 11.4. The second kappa shape index (κ2) is 9.91. The predicted octanol–water partition coefficient (Wildman–Crippen LogP) is 5.19. The molecule has 0 aliphatic heterocycles. The smallest absolute Gasteiger partial charge is 0.283 e. The van der Waals surface area contributed by atoms with Gasteiger partial charge in [0.15, 0.2) is 0 Å². The quantitative estimate of drug-likeness (QED) is 0.325. The maximum absolute atomic E-state index is 12.9. The van der Waals surface area contributed by atoms with Gasteiger partial charge in [-0.15, -0.1) is 0 Å². The number of aryl methyl sites for hydroxylation is 1. The number of carbonyl (C=O) groups excluding carboxylic acids is 1. The highest BCUT2D eigenvalue weighted by atomic mass is 32.2. The van der Waals surface area contributed by atoms with E-state index in [9.17, 15) is 13.2 Å². The van der Waals surface area contributed by atoms with Crippen LogP contribution in [0, 0.1) is 6.92 Å². The molecule has 0 aliphatic rings. The van der Waals surface area contributed by atoms with Gasteiger partial charge in [0.05, 0.1) is 24.2 Å². The lowest BCUT2D eigenvalue weighted by atomic mass is 10.1. The summed E-state index contributed by atoms with van der Waals surface area (Å²) < 4.78 is 35.0. The van der Waals surface area contributed by atoms with E-state index in [1.807, 2.05) is 61.5 Å². The molecule has 1 N–H and O–H groups in total. The molecule has 0 unspecified atom stereocenters. The second-order valence-electron chi connectivity index (χ2n) is 8.67. The summed E-state index contributed by atoms with van der Waals surface area (Å²) >= 11 is 0. The fraction of sp³-hybridized carbons (Fsp3) is 0.103. The number of benzene rings is 3. The van der Waals surface area contributed by atoms with Gasteiger partial charge >= 0.3 is 0 Å². The molecule has 186 valence electrons. The van der Waals surface area contributed by atoms with E-state index in [1.54, 1.807) is 25.3 Å². The fourth-order valence-corrected chi connectivity index (χ4v) is 5.16. The van der Waals surface area contributed by atoms with Crippen molar-refractivity contribution in [1.82, 2.24) is 14.3 Å². The minimum atomic E-state index is -4.02. The molecule has 3 aromatic carbocycles. The molecule has 7 nitrogen and oxygen atoms in total. The number of nitrogens with one attached hydrogen (secondary N) is 1. The van der Waals surface area contributed by atoms with Crippen molar-refractivity contribution in [2.75, 3.05) is 7.11 Å². The third-order valence-electron chi connectivity index (χ3n) is 6.10. The Kier molecular flexibility index (Phi) is 6.50. The van der Waals surface area contributed by atoms with Crippen LogP contribution in [0.25, 0.3) is 22.2 Å². The molecule has 8 heteroatoms. The van der Waals surface area contributed by atoms with Gasteiger partial charge in [-0.25, -0.2) is 18.1 Å². The molecule has 2 heterocycles. The first kappa shape index (κ1) is 24.3. The van der Waals surface area contributed by atoms with Crippen molar-refractivity contribution in [3.05, 3.63) is 114 Å². The molecule has 0 aliphatic carbocycles. The SMILES string of the molecule is COc1ccc2c(c1)cc(-c1ccccc1)n2Cc1cccc(C(=O)NS(=O)(=O)c2ccc(C)cc2)n1. The number of fused-ring (bicyclic) bond motifs is 1. The summed E-state index contributed by atoms with van der Waals surface area (Å²) in [6, 6.07) is 29.3. The van der Waals surface area contributed by atoms with Crippen LogP contribution in [0.2, 0.25) is 0 Å². The average Bonchev–Trinajstić information content (AvgIpc) is 3.26. The summed E-state index contributed by atoms with van der Waals surface area (Å²) in [5.41, 5.74) is 4.57. The van der Waals surface area contributed by atoms with Crippen LogP contribution in [0.5, 0.6) is 5.75 Å². The van der Waals surface area contributed by atoms with Crippen molar-refractivity contribution in [2.24, 2.45) is 0 Å². The van der Waals surface area contributed by atoms with E-state index in [0.29, 0.717) is 12.2 Å². The molecule has 5 aromatic rings. The zero-order valence-electron chi connectivity index (χ0n) is 20.4. The van der Waals surface area contributed by atoms with Gasteiger partial charge in [-0.3, -0.25) is 4.79 Å². The Morgan fingerprint density at radius 2 is 1.68 bits per heavy atom. The van der Waals surface area contributed by atoms with Gasteiger partial charge < -0.3 is 9.30 Å². The van der Waals surface area contributed by atoms with E-state index < -0.39 is 15.9 Å². The third kappa shape index (κ3) is 5.10. The van der Waals surface area contributed by atoms with E-state index in [2.05, 4.69) is 20.3 Å². The fourth-order valence-electron chi connectivity index (χ4n) is 4.20. The van der Waals surface area contributed by atoms with Gasteiger partial charge in [-0.05, 0) is 61.0 Å². The van der Waals surface area contributed by atoms with Gasteiger partial charge in [-0.1, -0.05) is 54.1 Å². The van der Waals surface area contributed by atoms with E-state index in [4.69, 9.17) is 4.74 Å². The molecule has 0 saturated carbocycles. The number of pyridine rings is 1. The maximum Gasteiger partial charge on any atom is 0.283 e. The van der Waals surface area contributed by atoms with Gasteiger partial charge in [0.25, 0.3) is 15.9 Å². The lowest BCUT2D eigenvalue weighted by Gasteiger charge is -2.12. The molecule has 0 saturated heterocycles. The van der Waals surface area contributed by atoms with E-state index in [1.165, 1.54) is 18.2 Å². The van der Waals surface area contributed by atoms with Gasteiger partial charge in [0.1, 0.15) is 11.4 Å². The van der Waals surface area contributed by atoms with Crippen molar-refractivity contribution in [3.8, 4) is 17.0 Å². The summed E-state index contributed by atoms with van der Waals surface area (Å²) in [7, 11) is -2.39. The number of amides is 1. The average molecular weight is 512 g/mol. The minimum Gasteiger partial charge on any atom is -0.497 e. The van der Waals surface area contributed by atoms with Crippen LogP contribution in [0.3, 0.4) is 0 Å². The summed E-state index contributed by atoms with van der Waals surface area (Å²) in [6.45, 7) is 2.24. The number of rotatable bonds is 7. The predicted molar refractivity (Wildman–Crippen MR) is 143 cm³/mol. The second-order valence-corrected chi connectivity index (χ2v) is 10.4. The first-order valence-electron chi connectivity index (χ1n) is 11.7. The van der Waals surface area contributed by atoms with Crippen LogP contribution in [-0.4, -0.2) is 31.0 Å².